The molecule has 0 aliphatic carbocycles. The van der Waals surface area contributed by atoms with Crippen LogP contribution in [0.3, 0.4) is 0 Å². The minimum atomic E-state index is -0.556. The number of rotatable bonds is 2. The maximum absolute atomic E-state index is 11.7. The van der Waals surface area contributed by atoms with E-state index < -0.39 is 6.04 Å². The van der Waals surface area contributed by atoms with Crippen LogP contribution >= 0.6 is 0 Å². The van der Waals surface area contributed by atoms with Crippen molar-refractivity contribution in [3.8, 4) is 5.75 Å². The van der Waals surface area contributed by atoms with E-state index in [1.165, 1.54) is 12.2 Å². The first kappa shape index (κ1) is 10.9. The van der Waals surface area contributed by atoms with Crippen molar-refractivity contribution in [2.75, 3.05) is 19.3 Å². The second-order valence-corrected chi connectivity index (χ2v) is 3.62. The van der Waals surface area contributed by atoms with E-state index in [1.54, 1.807) is 19.2 Å². The Morgan fingerprint density at radius 3 is 2.81 bits per heavy atom. The van der Waals surface area contributed by atoms with Gasteiger partial charge in [0.15, 0.2) is 0 Å². The highest BCUT2D eigenvalue weighted by Crippen LogP contribution is 2.30. The van der Waals surface area contributed by atoms with Crippen LogP contribution in [0.2, 0.25) is 0 Å². The fourth-order valence-corrected chi connectivity index (χ4v) is 1.83. The number of hydrogen-bond donors (Lipinski definition) is 1. The van der Waals surface area contributed by atoms with E-state index in [0.29, 0.717) is 6.42 Å². The summed E-state index contributed by atoms with van der Waals surface area (Å²) in [5.41, 5.74) is 7.42. The summed E-state index contributed by atoms with van der Waals surface area (Å²) in [4.78, 5) is 16.8. The lowest BCUT2D eigenvalue weighted by atomic mass is 9.99. The Balaban J connectivity index is 2.46. The number of anilines is 1. The van der Waals surface area contributed by atoms with E-state index in [1.807, 2.05) is 6.07 Å². The van der Waals surface area contributed by atoms with Gasteiger partial charge in [0.2, 0.25) is 0 Å². The molecule has 5 nitrogen and oxygen atoms in total. The van der Waals surface area contributed by atoms with E-state index >= 15 is 0 Å². The van der Waals surface area contributed by atoms with Gasteiger partial charge in [0.25, 0.3) is 5.91 Å². The Kier molecular flexibility index (Phi) is 2.80. The zero-order valence-corrected chi connectivity index (χ0v) is 9.27. The van der Waals surface area contributed by atoms with Gasteiger partial charge < -0.3 is 10.5 Å². The molecule has 0 aromatic heterocycles. The van der Waals surface area contributed by atoms with E-state index in [-0.39, 0.29) is 5.91 Å². The number of ether oxygens (including phenoxy) is 1. The monoisotopic (exact) mass is 222 g/mol. The smallest absolute Gasteiger partial charge is 0.268 e. The minimum Gasteiger partial charge on any atom is -0.497 e. The van der Waals surface area contributed by atoms with Crippen molar-refractivity contribution in [3.05, 3.63) is 23.8 Å². The number of carbonyl (C=O) groups excluding carboxylic acids is 1. The lowest BCUT2D eigenvalue weighted by molar-refractivity contribution is -0.126. The molecule has 0 fully saturated rings. The first-order valence-electron chi connectivity index (χ1n) is 4.98. The predicted octanol–water partition coefficient (Wildman–Crippen LogP) is 0.473. The van der Waals surface area contributed by atoms with E-state index in [4.69, 9.17) is 15.3 Å². The molecule has 0 radical (unpaired) electrons. The average molecular weight is 222 g/mol. The van der Waals surface area contributed by atoms with Gasteiger partial charge in [-0.1, -0.05) is 0 Å². The Labute approximate surface area is 93.7 Å². The van der Waals surface area contributed by atoms with Gasteiger partial charge in [0, 0.05) is 0 Å². The molecule has 1 aromatic carbocycles. The van der Waals surface area contributed by atoms with Crippen LogP contribution in [0, 0.1) is 0 Å². The molecule has 86 valence electrons. The molecule has 1 amide bonds. The molecule has 0 spiro atoms. The average Bonchev–Trinajstić information content (AvgIpc) is 2.30. The Morgan fingerprint density at radius 2 is 2.19 bits per heavy atom. The third-order valence-electron chi connectivity index (χ3n) is 2.65. The third-order valence-corrected chi connectivity index (χ3v) is 2.65. The highest BCUT2D eigenvalue weighted by Gasteiger charge is 2.31. The van der Waals surface area contributed by atoms with Crippen molar-refractivity contribution in [3.63, 3.8) is 0 Å². The van der Waals surface area contributed by atoms with Gasteiger partial charge in [0.1, 0.15) is 5.75 Å². The fourth-order valence-electron chi connectivity index (χ4n) is 1.83. The number of methoxy groups -OCH3 is 1. The largest absolute Gasteiger partial charge is 0.497 e. The molecule has 16 heavy (non-hydrogen) atoms. The molecule has 1 aliphatic rings. The van der Waals surface area contributed by atoms with Crippen molar-refractivity contribution in [2.45, 2.75) is 12.5 Å². The van der Waals surface area contributed by atoms with Crippen LogP contribution in [-0.2, 0) is 16.1 Å². The molecular weight excluding hydrogens is 208 g/mol. The summed E-state index contributed by atoms with van der Waals surface area (Å²) in [5, 5.41) is 1.23. The third kappa shape index (κ3) is 1.64. The number of amides is 1. The van der Waals surface area contributed by atoms with Crippen molar-refractivity contribution in [1.29, 1.82) is 0 Å². The van der Waals surface area contributed by atoms with Crippen LogP contribution in [0.25, 0.3) is 0 Å². The van der Waals surface area contributed by atoms with E-state index in [9.17, 15) is 4.79 Å². The zero-order chi connectivity index (χ0) is 11.7. The molecule has 2 N–H and O–H groups in total. The lowest BCUT2D eigenvalue weighted by Gasteiger charge is -2.30. The molecule has 2 rings (SSSR count). The minimum absolute atomic E-state index is 0.222. The molecule has 1 aromatic rings. The first-order valence-corrected chi connectivity index (χ1v) is 4.98. The molecule has 0 saturated carbocycles. The molecule has 5 heteroatoms. The Morgan fingerprint density at radius 1 is 1.44 bits per heavy atom. The summed E-state index contributed by atoms with van der Waals surface area (Å²) in [6.07, 6.45) is 0.505. The quantitative estimate of drug-likeness (QED) is 0.790. The standard InChI is InChI=1S/C11H14N2O3/c1-15-8-3-4-10-7(5-8)6-9(12)11(14)13(10)16-2/h3-5,9H,6,12H2,1-2H3/t9-/m0/s1. The molecular formula is C11H14N2O3. The summed E-state index contributed by atoms with van der Waals surface area (Å²) < 4.78 is 5.13. The van der Waals surface area contributed by atoms with Gasteiger partial charge in [-0.15, -0.1) is 0 Å². The van der Waals surface area contributed by atoms with Crippen molar-refractivity contribution >= 4 is 11.6 Å². The summed E-state index contributed by atoms with van der Waals surface area (Å²) >= 11 is 0. The molecule has 0 bridgehead atoms. The van der Waals surface area contributed by atoms with Gasteiger partial charge in [0.05, 0.1) is 25.9 Å². The van der Waals surface area contributed by atoms with Gasteiger partial charge in [-0.2, -0.15) is 5.06 Å². The SMILES string of the molecule is COc1ccc2c(c1)C[C@H](N)C(=O)N2OC. The lowest BCUT2D eigenvalue weighted by Crippen LogP contribution is -2.48. The number of fused-ring (bicyclic) bond motifs is 1. The molecule has 0 unspecified atom stereocenters. The number of nitrogens with zero attached hydrogens (tertiary/aromatic N) is 1. The van der Waals surface area contributed by atoms with Crippen LogP contribution < -0.4 is 15.5 Å². The number of hydrogen-bond acceptors (Lipinski definition) is 4. The zero-order valence-electron chi connectivity index (χ0n) is 9.27. The molecule has 1 aliphatic heterocycles. The van der Waals surface area contributed by atoms with Gasteiger partial charge in [-0.05, 0) is 30.2 Å². The van der Waals surface area contributed by atoms with Crippen molar-refractivity contribution in [2.24, 2.45) is 5.73 Å². The van der Waals surface area contributed by atoms with Gasteiger partial charge >= 0.3 is 0 Å². The Bertz CT molecular complexity index is 420. The second kappa shape index (κ2) is 4.11. The predicted molar refractivity (Wildman–Crippen MR) is 59.2 cm³/mol. The van der Waals surface area contributed by atoms with Crippen LogP contribution in [0.4, 0.5) is 5.69 Å². The first-order chi connectivity index (χ1) is 7.67. The maximum atomic E-state index is 11.7. The summed E-state index contributed by atoms with van der Waals surface area (Å²) in [6.45, 7) is 0. The van der Waals surface area contributed by atoms with Crippen LogP contribution in [0.1, 0.15) is 5.56 Å². The van der Waals surface area contributed by atoms with Crippen LogP contribution in [-0.4, -0.2) is 26.2 Å². The van der Waals surface area contributed by atoms with Gasteiger partial charge in [-0.25, -0.2) is 0 Å². The van der Waals surface area contributed by atoms with Gasteiger partial charge in [-0.3, -0.25) is 9.63 Å². The highest BCUT2D eigenvalue weighted by atomic mass is 16.7. The summed E-state index contributed by atoms with van der Waals surface area (Å²) in [6, 6.07) is 4.89. The van der Waals surface area contributed by atoms with Crippen LogP contribution in [0.5, 0.6) is 5.75 Å². The Hall–Kier alpha value is -1.59. The normalized spacial score (nSPS) is 19.6. The maximum Gasteiger partial charge on any atom is 0.268 e. The molecule has 1 heterocycles. The summed E-state index contributed by atoms with van der Waals surface area (Å²) in [5.74, 6) is 0.525. The molecule has 1 atom stereocenters. The van der Waals surface area contributed by atoms with E-state index in [2.05, 4.69) is 0 Å². The second-order valence-electron chi connectivity index (χ2n) is 3.62. The van der Waals surface area contributed by atoms with Crippen molar-refractivity contribution in [1.82, 2.24) is 0 Å². The highest BCUT2D eigenvalue weighted by molar-refractivity contribution is 5.98. The number of nitrogens with two attached hydrogens (primary N) is 1. The van der Waals surface area contributed by atoms with Crippen molar-refractivity contribution < 1.29 is 14.4 Å². The van der Waals surface area contributed by atoms with E-state index in [0.717, 1.165) is 17.0 Å². The topological polar surface area (TPSA) is 64.8 Å². The number of hydroxylamine groups is 1. The fraction of sp³-hybridized carbons (Fsp3) is 0.364. The summed E-state index contributed by atoms with van der Waals surface area (Å²) in [7, 11) is 3.05. The number of carbonyl (C=O) groups is 1. The number of benzene rings is 1. The van der Waals surface area contributed by atoms with Crippen LogP contribution in [0.15, 0.2) is 18.2 Å². The molecule has 0 saturated heterocycles.